The van der Waals surface area contributed by atoms with Crippen LogP contribution < -0.4 is 10.1 Å². The van der Waals surface area contributed by atoms with Gasteiger partial charge in [0.1, 0.15) is 5.75 Å². The van der Waals surface area contributed by atoms with Gasteiger partial charge in [0.05, 0.1) is 10.9 Å². The lowest BCUT2D eigenvalue weighted by atomic mass is 10.1. The molecule has 1 aliphatic carbocycles. The summed E-state index contributed by atoms with van der Waals surface area (Å²) in [6.07, 6.45) is 3.98. The number of nitrogens with zero attached hydrogens (tertiary/aromatic N) is 3. The van der Waals surface area contributed by atoms with Crippen molar-refractivity contribution in [3.63, 3.8) is 0 Å². The quantitative estimate of drug-likeness (QED) is 0.334. The number of ether oxygens (including phenoxy) is 1. The molecule has 0 spiro atoms. The number of para-hydroxylation sites is 3. The van der Waals surface area contributed by atoms with Crippen molar-refractivity contribution in [2.75, 3.05) is 5.32 Å². The lowest BCUT2D eigenvalue weighted by Crippen LogP contribution is -2.23. The number of halogens is 2. The minimum Gasteiger partial charge on any atom is -0.433 e. The third-order valence-electron chi connectivity index (χ3n) is 5.42. The summed E-state index contributed by atoms with van der Waals surface area (Å²) in [5.74, 6) is 0.339. The molecule has 1 fully saturated rings. The maximum absolute atomic E-state index is 12.8. The second-order valence-corrected chi connectivity index (χ2v) is 9.09. The van der Waals surface area contributed by atoms with Gasteiger partial charge < -0.3 is 15.0 Å². The first-order valence-corrected chi connectivity index (χ1v) is 11.4. The zero-order chi connectivity index (χ0) is 22.9. The summed E-state index contributed by atoms with van der Waals surface area (Å²) < 4.78 is 31.9. The molecule has 0 saturated heterocycles. The third-order valence-corrected chi connectivity index (χ3v) is 6.48. The van der Waals surface area contributed by atoms with Gasteiger partial charge in [0.2, 0.25) is 5.91 Å². The summed E-state index contributed by atoms with van der Waals surface area (Å²) in [6.45, 7) is -1.23. The first-order chi connectivity index (χ1) is 16.0. The van der Waals surface area contributed by atoms with Gasteiger partial charge in [-0.1, -0.05) is 42.1 Å². The van der Waals surface area contributed by atoms with E-state index < -0.39 is 11.9 Å². The van der Waals surface area contributed by atoms with Crippen LogP contribution in [-0.2, 0) is 4.79 Å². The second-order valence-electron chi connectivity index (χ2n) is 7.78. The van der Waals surface area contributed by atoms with E-state index >= 15 is 0 Å². The fourth-order valence-electron chi connectivity index (χ4n) is 3.67. The highest BCUT2D eigenvalue weighted by Gasteiger charge is 2.32. The molecule has 5 rings (SSSR count). The van der Waals surface area contributed by atoms with Gasteiger partial charge in [0, 0.05) is 28.7 Å². The molecule has 4 aromatic rings. The Balaban J connectivity index is 1.37. The number of aromatic nitrogens is 4. The highest BCUT2D eigenvalue weighted by atomic mass is 32.2. The van der Waals surface area contributed by atoms with Gasteiger partial charge in [-0.15, -0.1) is 10.2 Å². The number of thioether (sulfide) groups is 1. The van der Waals surface area contributed by atoms with Crippen molar-refractivity contribution < 1.29 is 18.3 Å². The number of carbonyl (C=O) groups is 1. The number of rotatable bonds is 8. The second kappa shape index (κ2) is 8.86. The zero-order valence-electron chi connectivity index (χ0n) is 17.7. The highest BCUT2D eigenvalue weighted by Crippen LogP contribution is 2.43. The smallest absolute Gasteiger partial charge is 0.387 e. The molecule has 0 radical (unpaired) electrons. The molecule has 1 unspecified atom stereocenters. The number of benzene rings is 2. The topological polar surface area (TPSA) is 84.8 Å². The molecule has 1 saturated carbocycles. The minimum absolute atomic E-state index is 0.0826. The first-order valence-electron chi connectivity index (χ1n) is 10.5. The van der Waals surface area contributed by atoms with Crippen LogP contribution in [0.15, 0.2) is 59.9 Å². The summed E-state index contributed by atoms with van der Waals surface area (Å²) in [5.41, 5.74) is 2.18. The average molecular weight is 470 g/mol. The summed E-state index contributed by atoms with van der Waals surface area (Å²) >= 11 is 1.29. The van der Waals surface area contributed by atoms with E-state index in [4.69, 9.17) is 0 Å². The third kappa shape index (κ3) is 4.43. The summed E-state index contributed by atoms with van der Waals surface area (Å²) in [5, 5.41) is 12.7. The number of nitrogens with one attached hydrogen (secondary N) is 2. The number of amides is 1. The molecule has 2 aromatic heterocycles. The van der Waals surface area contributed by atoms with Gasteiger partial charge >= 0.3 is 6.61 Å². The Kier molecular flexibility index (Phi) is 5.76. The molecule has 33 heavy (non-hydrogen) atoms. The number of aromatic amines is 1. The monoisotopic (exact) mass is 469 g/mol. The zero-order valence-corrected chi connectivity index (χ0v) is 18.5. The van der Waals surface area contributed by atoms with Gasteiger partial charge in [-0.3, -0.25) is 9.36 Å². The van der Waals surface area contributed by atoms with Crippen LogP contribution in [-0.4, -0.2) is 37.5 Å². The van der Waals surface area contributed by atoms with E-state index in [1.165, 1.54) is 23.9 Å². The van der Waals surface area contributed by atoms with Crippen LogP contribution in [0.3, 0.4) is 0 Å². The van der Waals surface area contributed by atoms with Gasteiger partial charge in [0.15, 0.2) is 11.0 Å². The number of H-pyrrole nitrogens is 1. The SMILES string of the molecule is CC(Sc1nnc(-c2c[nH]c3ccccc23)n1C1CC1)C(=O)Nc1ccccc1OC(F)F. The molecule has 1 amide bonds. The predicted molar refractivity (Wildman–Crippen MR) is 123 cm³/mol. The molecule has 1 aliphatic rings. The van der Waals surface area contributed by atoms with E-state index in [1.807, 2.05) is 30.5 Å². The van der Waals surface area contributed by atoms with E-state index in [0.717, 1.165) is 35.1 Å². The van der Waals surface area contributed by atoms with Crippen LogP contribution in [0.4, 0.5) is 14.5 Å². The van der Waals surface area contributed by atoms with Crippen LogP contribution in [0.2, 0.25) is 0 Å². The number of fused-ring (bicyclic) bond motifs is 1. The van der Waals surface area contributed by atoms with Gasteiger partial charge in [-0.2, -0.15) is 8.78 Å². The fraction of sp³-hybridized carbons (Fsp3) is 0.261. The van der Waals surface area contributed by atoms with Crippen molar-refractivity contribution in [1.29, 1.82) is 0 Å². The number of anilines is 1. The normalized spacial score (nSPS) is 14.5. The van der Waals surface area contributed by atoms with Crippen LogP contribution >= 0.6 is 11.8 Å². The van der Waals surface area contributed by atoms with Gasteiger partial charge in [-0.05, 0) is 38.0 Å². The maximum atomic E-state index is 12.8. The number of hydrogen-bond donors (Lipinski definition) is 2. The number of hydrogen-bond acceptors (Lipinski definition) is 5. The van der Waals surface area contributed by atoms with Gasteiger partial charge in [-0.25, -0.2) is 0 Å². The minimum atomic E-state index is -2.98. The standard InChI is InChI=1S/C23H21F2N5O2S/c1-13(21(31)27-18-8-4-5-9-19(18)32-22(24)25)33-23-29-28-20(30(23)14-10-11-14)16-12-26-17-7-3-2-6-15(16)17/h2-9,12-14,22,26H,10-11H2,1H3,(H,27,31). The number of carbonyl (C=O) groups excluding carboxylic acids is 1. The van der Waals surface area contributed by atoms with E-state index in [9.17, 15) is 13.6 Å². The Hall–Kier alpha value is -3.40. The largest absolute Gasteiger partial charge is 0.433 e. The van der Waals surface area contributed by atoms with E-state index in [2.05, 4.69) is 29.8 Å². The predicted octanol–water partition coefficient (Wildman–Crippen LogP) is 5.48. The Bertz CT molecular complexity index is 1300. The highest BCUT2D eigenvalue weighted by molar-refractivity contribution is 8.00. The Morgan fingerprint density at radius 3 is 2.73 bits per heavy atom. The Labute approximate surface area is 192 Å². The summed E-state index contributed by atoms with van der Waals surface area (Å²) in [7, 11) is 0. The molecular formula is C23H21F2N5O2S. The lowest BCUT2D eigenvalue weighted by Gasteiger charge is -2.15. The van der Waals surface area contributed by atoms with Crippen LogP contribution in [0.5, 0.6) is 5.75 Å². The lowest BCUT2D eigenvalue weighted by molar-refractivity contribution is -0.115. The maximum Gasteiger partial charge on any atom is 0.387 e. The Morgan fingerprint density at radius 1 is 1.18 bits per heavy atom. The van der Waals surface area contributed by atoms with Crippen LogP contribution in [0.25, 0.3) is 22.3 Å². The van der Waals surface area contributed by atoms with E-state index in [1.54, 1.807) is 19.1 Å². The van der Waals surface area contributed by atoms with Crippen molar-refractivity contribution in [3.8, 4) is 17.1 Å². The van der Waals surface area contributed by atoms with Crippen molar-refractivity contribution in [1.82, 2.24) is 19.7 Å². The molecule has 170 valence electrons. The number of alkyl halides is 2. The average Bonchev–Trinajstić information content (AvgIpc) is 3.41. The molecule has 2 N–H and O–H groups in total. The fourth-order valence-corrected chi connectivity index (χ4v) is 4.59. The molecule has 0 bridgehead atoms. The van der Waals surface area contributed by atoms with Crippen LogP contribution in [0, 0.1) is 0 Å². The summed E-state index contributed by atoms with van der Waals surface area (Å²) in [6, 6.07) is 14.4. The van der Waals surface area contributed by atoms with E-state index in [-0.39, 0.29) is 17.3 Å². The molecule has 0 aliphatic heterocycles. The molecule has 2 aromatic carbocycles. The molecule has 10 heteroatoms. The van der Waals surface area contributed by atoms with Crippen LogP contribution in [0.1, 0.15) is 25.8 Å². The Morgan fingerprint density at radius 2 is 1.94 bits per heavy atom. The molecular weight excluding hydrogens is 448 g/mol. The van der Waals surface area contributed by atoms with Crippen molar-refractivity contribution in [2.24, 2.45) is 0 Å². The molecule has 2 heterocycles. The summed E-state index contributed by atoms with van der Waals surface area (Å²) in [4.78, 5) is 16.1. The molecule has 7 nitrogen and oxygen atoms in total. The van der Waals surface area contributed by atoms with Crippen molar-refractivity contribution in [2.45, 2.75) is 42.8 Å². The van der Waals surface area contributed by atoms with E-state index in [0.29, 0.717) is 11.2 Å². The first kappa shape index (κ1) is 21.4. The van der Waals surface area contributed by atoms with Crippen molar-refractivity contribution >= 4 is 34.3 Å². The van der Waals surface area contributed by atoms with Crippen molar-refractivity contribution in [3.05, 3.63) is 54.7 Å². The van der Waals surface area contributed by atoms with Gasteiger partial charge in [0.25, 0.3) is 0 Å². The molecule has 1 atom stereocenters.